The first-order valence-corrected chi connectivity index (χ1v) is 4.34. The van der Waals surface area contributed by atoms with E-state index in [9.17, 15) is 0 Å². The molecule has 0 aliphatic rings. The fraction of sp³-hybridized carbons (Fsp3) is 0.400. The number of aliphatic hydroxyl groups excluding tert-OH is 2. The molecule has 1 aromatic rings. The van der Waals surface area contributed by atoms with Gasteiger partial charge in [0.05, 0.1) is 6.61 Å². The maximum absolute atomic E-state index is 9.02. The Hall–Kier alpha value is -0.900. The molecule has 0 saturated carbocycles. The Labute approximate surface area is 77.8 Å². The van der Waals surface area contributed by atoms with Gasteiger partial charge in [-0.05, 0) is 17.5 Å². The van der Waals surface area contributed by atoms with Crippen LogP contribution in [0.4, 0.5) is 0 Å². The lowest BCUT2D eigenvalue weighted by Gasteiger charge is -2.13. The number of rotatable bonds is 4. The zero-order chi connectivity index (χ0) is 9.68. The smallest absolute Gasteiger partial charge is 0.0685 e. The monoisotopic (exact) mass is 181 g/mol. The Balaban J connectivity index is 2.85. The second-order valence-corrected chi connectivity index (χ2v) is 2.98. The molecule has 3 nitrogen and oxygen atoms in total. The molecule has 1 rings (SSSR count). The van der Waals surface area contributed by atoms with Gasteiger partial charge in [-0.2, -0.15) is 0 Å². The molecule has 0 unspecified atom stereocenters. The second kappa shape index (κ2) is 4.97. The van der Waals surface area contributed by atoms with Gasteiger partial charge in [0.2, 0.25) is 0 Å². The summed E-state index contributed by atoms with van der Waals surface area (Å²) < 4.78 is 0. The van der Waals surface area contributed by atoms with Crippen LogP contribution in [0.25, 0.3) is 0 Å². The van der Waals surface area contributed by atoms with Crippen molar-refractivity contribution in [2.24, 2.45) is 5.73 Å². The summed E-state index contributed by atoms with van der Waals surface area (Å²) in [6.45, 7) is 0.0657. The number of nitrogens with two attached hydrogens (primary N) is 1. The van der Waals surface area contributed by atoms with Gasteiger partial charge in [-0.15, -0.1) is 0 Å². The van der Waals surface area contributed by atoms with Crippen molar-refractivity contribution in [2.75, 3.05) is 6.61 Å². The average molecular weight is 181 g/mol. The van der Waals surface area contributed by atoms with Crippen molar-refractivity contribution in [3.05, 3.63) is 35.4 Å². The van der Waals surface area contributed by atoms with Gasteiger partial charge >= 0.3 is 0 Å². The summed E-state index contributed by atoms with van der Waals surface area (Å²) in [4.78, 5) is 0. The van der Waals surface area contributed by atoms with Crippen LogP contribution in [-0.2, 0) is 6.61 Å². The van der Waals surface area contributed by atoms with Gasteiger partial charge in [0.25, 0.3) is 0 Å². The molecule has 0 fully saturated rings. The highest BCUT2D eigenvalue weighted by molar-refractivity contribution is 5.29. The molecule has 0 bridgehead atoms. The minimum atomic E-state index is -0.187. The van der Waals surface area contributed by atoms with E-state index in [1.54, 1.807) is 0 Å². The summed E-state index contributed by atoms with van der Waals surface area (Å²) in [5.74, 6) is 0. The largest absolute Gasteiger partial charge is 0.396 e. The number of hydrogen-bond donors (Lipinski definition) is 3. The van der Waals surface area contributed by atoms with Crippen LogP contribution in [-0.4, -0.2) is 16.8 Å². The SMILES string of the molecule is N[C@H](CCO)c1ccccc1CO. The zero-order valence-corrected chi connectivity index (χ0v) is 7.48. The van der Waals surface area contributed by atoms with Gasteiger partial charge in [-0.3, -0.25) is 0 Å². The average Bonchev–Trinajstić information content (AvgIpc) is 2.18. The maximum atomic E-state index is 9.02. The van der Waals surface area contributed by atoms with Crippen LogP contribution in [0.2, 0.25) is 0 Å². The van der Waals surface area contributed by atoms with E-state index in [1.165, 1.54) is 0 Å². The molecule has 0 saturated heterocycles. The van der Waals surface area contributed by atoms with Gasteiger partial charge in [-0.1, -0.05) is 24.3 Å². The molecule has 1 atom stereocenters. The van der Waals surface area contributed by atoms with Crippen molar-refractivity contribution in [1.82, 2.24) is 0 Å². The number of benzene rings is 1. The topological polar surface area (TPSA) is 66.5 Å². The molecule has 0 heterocycles. The van der Waals surface area contributed by atoms with Crippen LogP contribution in [0.5, 0.6) is 0 Å². The summed E-state index contributed by atoms with van der Waals surface area (Å²) in [6, 6.07) is 7.28. The molecule has 3 heteroatoms. The van der Waals surface area contributed by atoms with Crippen molar-refractivity contribution in [2.45, 2.75) is 19.1 Å². The molecule has 0 spiro atoms. The molecule has 0 amide bonds. The number of aliphatic hydroxyl groups is 2. The molecule has 0 aliphatic carbocycles. The van der Waals surface area contributed by atoms with Crippen LogP contribution in [0.15, 0.2) is 24.3 Å². The van der Waals surface area contributed by atoms with E-state index in [1.807, 2.05) is 24.3 Å². The third-order valence-corrected chi connectivity index (χ3v) is 2.07. The van der Waals surface area contributed by atoms with Gasteiger partial charge in [-0.25, -0.2) is 0 Å². The summed E-state index contributed by atoms with van der Waals surface area (Å²) in [5, 5.41) is 17.7. The van der Waals surface area contributed by atoms with Gasteiger partial charge in [0.15, 0.2) is 0 Å². The van der Waals surface area contributed by atoms with E-state index < -0.39 is 0 Å². The van der Waals surface area contributed by atoms with E-state index >= 15 is 0 Å². The Morgan fingerprint density at radius 3 is 2.54 bits per heavy atom. The first-order chi connectivity index (χ1) is 6.29. The van der Waals surface area contributed by atoms with Crippen molar-refractivity contribution >= 4 is 0 Å². The minimum absolute atomic E-state index is 0.00466. The van der Waals surface area contributed by atoms with Gasteiger partial charge in [0, 0.05) is 12.6 Å². The third kappa shape index (κ3) is 2.52. The molecule has 72 valence electrons. The zero-order valence-electron chi connectivity index (χ0n) is 7.48. The van der Waals surface area contributed by atoms with E-state index in [4.69, 9.17) is 15.9 Å². The van der Waals surface area contributed by atoms with Crippen LogP contribution in [0, 0.1) is 0 Å². The molecule has 0 radical (unpaired) electrons. The van der Waals surface area contributed by atoms with Gasteiger partial charge < -0.3 is 15.9 Å². The molecular formula is C10H15NO2. The van der Waals surface area contributed by atoms with Crippen LogP contribution in [0.1, 0.15) is 23.6 Å². The van der Waals surface area contributed by atoms with E-state index in [2.05, 4.69) is 0 Å². The molecule has 0 aromatic heterocycles. The van der Waals surface area contributed by atoms with Crippen LogP contribution < -0.4 is 5.73 Å². The summed E-state index contributed by atoms with van der Waals surface area (Å²) in [7, 11) is 0. The summed E-state index contributed by atoms with van der Waals surface area (Å²) in [6.07, 6.45) is 0.525. The lowest BCUT2D eigenvalue weighted by atomic mass is 9.99. The van der Waals surface area contributed by atoms with Gasteiger partial charge in [0.1, 0.15) is 0 Å². The molecule has 4 N–H and O–H groups in total. The van der Waals surface area contributed by atoms with E-state index in [0.29, 0.717) is 6.42 Å². The third-order valence-electron chi connectivity index (χ3n) is 2.07. The highest BCUT2D eigenvalue weighted by Gasteiger charge is 2.08. The quantitative estimate of drug-likeness (QED) is 0.636. The standard InChI is InChI=1S/C10H15NO2/c11-10(5-6-12)9-4-2-1-3-8(9)7-13/h1-4,10,12-13H,5-7,11H2/t10-/m1/s1. The Morgan fingerprint density at radius 1 is 1.23 bits per heavy atom. The molecule has 0 aliphatic heterocycles. The fourth-order valence-electron chi connectivity index (χ4n) is 1.33. The maximum Gasteiger partial charge on any atom is 0.0685 e. The predicted molar refractivity (Wildman–Crippen MR) is 51.0 cm³/mol. The Bertz CT molecular complexity index is 263. The summed E-state index contributed by atoms with van der Waals surface area (Å²) in [5.41, 5.74) is 7.56. The molecule has 13 heavy (non-hydrogen) atoms. The second-order valence-electron chi connectivity index (χ2n) is 2.98. The Kier molecular flexibility index (Phi) is 3.89. The van der Waals surface area contributed by atoms with Crippen molar-refractivity contribution in [3.63, 3.8) is 0 Å². The van der Waals surface area contributed by atoms with Crippen LogP contribution in [0.3, 0.4) is 0 Å². The molecular weight excluding hydrogens is 166 g/mol. The van der Waals surface area contributed by atoms with Crippen molar-refractivity contribution in [3.8, 4) is 0 Å². The van der Waals surface area contributed by atoms with E-state index in [-0.39, 0.29) is 19.3 Å². The van der Waals surface area contributed by atoms with E-state index in [0.717, 1.165) is 11.1 Å². The molecule has 1 aromatic carbocycles. The highest BCUT2D eigenvalue weighted by Crippen LogP contribution is 2.18. The highest BCUT2D eigenvalue weighted by atomic mass is 16.3. The first kappa shape index (κ1) is 10.2. The summed E-state index contributed by atoms with van der Waals surface area (Å²) >= 11 is 0. The Morgan fingerprint density at radius 2 is 1.92 bits per heavy atom. The first-order valence-electron chi connectivity index (χ1n) is 4.34. The lowest BCUT2D eigenvalue weighted by molar-refractivity contribution is 0.268. The van der Waals surface area contributed by atoms with Crippen molar-refractivity contribution in [1.29, 1.82) is 0 Å². The lowest BCUT2D eigenvalue weighted by Crippen LogP contribution is -2.14. The fourth-order valence-corrected chi connectivity index (χ4v) is 1.33. The normalized spacial score (nSPS) is 12.8. The minimum Gasteiger partial charge on any atom is -0.396 e. The van der Waals surface area contributed by atoms with Crippen molar-refractivity contribution < 1.29 is 10.2 Å². The number of hydrogen-bond acceptors (Lipinski definition) is 3. The van der Waals surface area contributed by atoms with Crippen LogP contribution >= 0.6 is 0 Å². The predicted octanol–water partition coefficient (Wildman–Crippen LogP) is 0.561.